The van der Waals surface area contributed by atoms with Crippen LogP contribution in [0.15, 0.2) is 28.8 Å². The number of aliphatic imine (C=N–C) groups is 1. The van der Waals surface area contributed by atoms with Gasteiger partial charge in [-0.2, -0.15) is 0 Å². The normalized spacial score (nSPS) is 21.1. The molecule has 1 aromatic carbocycles. The third-order valence-corrected chi connectivity index (χ3v) is 6.81. The van der Waals surface area contributed by atoms with Crippen LogP contribution < -0.4 is 4.72 Å². The number of piperidine rings is 1. The molecule has 1 fully saturated rings. The molecule has 2 aliphatic rings. The second kappa shape index (κ2) is 7.95. The molecule has 8 heteroatoms. The monoisotopic (exact) mass is 405 g/mol. The summed E-state index contributed by atoms with van der Waals surface area (Å²) in [7, 11) is -3.64. The molecule has 2 heterocycles. The second-order valence-electron chi connectivity index (χ2n) is 7.25. The van der Waals surface area contributed by atoms with E-state index in [0.717, 1.165) is 11.1 Å². The van der Waals surface area contributed by atoms with Gasteiger partial charge < -0.3 is 9.64 Å². The number of hydrogen-bond donors (Lipinski definition) is 1. The van der Waals surface area contributed by atoms with Gasteiger partial charge in [0.05, 0.1) is 12.6 Å². The largest absolute Gasteiger partial charge is 0.450 e. The number of carbonyl (C=O) groups is 1. The van der Waals surface area contributed by atoms with Crippen molar-refractivity contribution in [1.29, 1.82) is 0 Å². The summed E-state index contributed by atoms with van der Waals surface area (Å²) in [6, 6.07) is 5.63. The van der Waals surface area contributed by atoms with Gasteiger partial charge in [0.2, 0.25) is 0 Å². The molecule has 1 saturated heterocycles. The number of ether oxygens (including phenoxy) is 1. The zero-order valence-corrected chi connectivity index (χ0v) is 17.6. The highest BCUT2D eigenvalue weighted by Crippen LogP contribution is 2.31. The van der Waals surface area contributed by atoms with Crippen LogP contribution >= 0.6 is 0 Å². The van der Waals surface area contributed by atoms with Crippen LogP contribution in [-0.2, 0) is 14.8 Å². The van der Waals surface area contributed by atoms with E-state index in [2.05, 4.69) is 9.71 Å². The van der Waals surface area contributed by atoms with E-state index < -0.39 is 10.0 Å². The Balaban J connectivity index is 1.81. The molecule has 152 valence electrons. The van der Waals surface area contributed by atoms with Gasteiger partial charge in [0.25, 0.3) is 10.0 Å². The van der Waals surface area contributed by atoms with E-state index in [0.29, 0.717) is 54.4 Å². The first-order valence-corrected chi connectivity index (χ1v) is 11.0. The summed E-state index contributed by atoms with van der Waals surface area (Å²) in [5, 5.41) is 0. The van der Waals surface area contributed by atoms with Crippen molar-refractivity contribution in [1.82, 2.24) is 9.62 Å². The predicted molar refractivity (Wildman–Crippen MR) is 110 cm³/mol. The van der Waals surface area contributed by atoms with Crippen LogP contribution in [0.1, 0.15) is 43.4 Å². The van der Waals surface area contributed by atoms with Crippen LogP contribution in [0.5, 0.6) is 0 Å². The lowest BCUT2D eigenvalue weighted by Gasteiger charge is -2.29. The van der Waals surface area contributed by atoms with E-state index in [1.54, 1.807) is 18.7 Å². The zero-order chi connectivity index (χ0) is 20.5. The van der Waals surface area contributed by atoms with Gasteiger partial charge in [-0.3, -0.25) is 9.71 Å². The molecule has 28 heavy (non-hydrogen) atoms. The summed E-state index contributed by atoms with van der Waals surface area (Å²) in [6.45, 7) is 9.00. The first kappa shape index (κ1) is 20.4. The molecule has 3 rings (SSSR count). The van der Waals surface area contributed by atoms with Gasteiger partial charge in [-0.05, 0) is 57.2 Å². The third kappa shape index (κ3) is 4.06. The Morgan fingerprint density at radius 2 is 1.89 bits per heavy atom. The fourth-order valence-electron chi connectivity index (χ4n) is 3.52. The molecule has 7 nitrogen and oxygen atoms in total. The van der Waals surface area contributed by atoms with Crippen molar-refractivity contribution >= 4 is 26.9 Å². The van der Waals surface area contributed by atoms with Crippen molar-refractivity contribution in [3.8, 4) is 0 Å². The number of nitrogens with zero attached hydrogens (tertiary/aromatic N) is 2. The highest BCUT2D eigenvalue weighted by molar-refractivity contribution is 8.00. The van der Waals surface area contributed by atoms with Gasteiger partial charge in [-0.1, -0.05) is 18.2 Å². The summed E-state index contributed by atoms with van der Waals surface area (Å²) in [5.41, 5.74) is 3.48. The number of sulfonamides is 1. The van der Waals surface area contributed by atoms with Crippen molar-refractivity contribution in [2.75, 3.05) is 19.7 Å². The molecule has 1 amide bonds. The van der Waals surface area contributed by atoms with Crippen LogP contribution in [0, 0.1) is 13.8 Å². The van der Waals surface area contributed by atoms with Crippen molar-refractivity contribution in [3.63, 3.8) is 0 Å². The van der Waals surface area contributed by atoms with E-state index in [1.807, 2.05) is 32.0 Å². The number of amidine groups is 1. The Hall–Kier alpha value is -2.35. The molecule has 0 spiro atoms. The number of rotatable bonds is 3. The topological polar surface area (TPSA) is 88.1 Å². The van der Waals surface area contributed by atoms with Crippen molar-refractivity contribution < 1.29 is 17.9 Å². The van der Waals surface area contributed by atoms with Crippen LogP contribution in [-0.4, -0.2) is 51.0 Å². The average molecular weight is 406 g/mol. The van der Waals surface area contributed by atoms with Crippen molar-refractivity contribution in [3.05, 3.63) is 40.5 Å². The van der Waals surface area contributed by atoms with E-state index in [1.165, 1.54) is 0 Å². The quantitative estimate of drug-likeness (QED) is 0.837. The number of likely N-dealkylation sites (tertiary alicyclic amines) is 1. The minimum atomic E-state index is -3.64. The summed E-state index contributed by atoms with van der Waals surface area (Å²) in [5.74, 6) is 0.405. The Bertz CT molecular complexity index is 942. The Morgan fingerprint density at radius 3 is 2.50 bits per heavy atom. The molecule has 0 bridgehead atoms. The maximum atomic E-state index is 12.7. The van der Waals surface area contributed by atoms with E-state index in [-0.39, 0.29) is 12.1 Å². The standard InChI is InChI=1S/C20H27N3O4S/c1-5-27-20(24)23-10-8-17(9-11-23)21-19-15(4)18(28(25,26)22-19)16-7-6-13(2)14(3)12-16/h6-7,12,17H,5,8-11H2,1-4H3,(H,21,22). The van der Waals surface area contributed by atoms with Gasteiger partial charge in [0.15, 0.2) is 0 Å². The lowest BCUT2D eigenvalue weighted by atomic mass is 10.0. The highest BCUT2D eigenvalue weighted by Gasteiger charge is 2.34. The molecular weight excluding hydrogens is 378 g/mol. The molecule has 1 aromatic rings. The average Bonchev–Trinajstić information content (AvgIpc) is 2.86. The molecule has 0 radical (unpaired) electrons. The molecular formula is C20H27N3O4S. The number of nitrogens with one attached hydrogen (secondary N) is 1. The number of carbonyl (C=O) groups excluding carboxylic acids is 1. The first-order valence-electron chi connectivity index (χ1n) is 9.54. The molecule has 1 N–H and O–H groups in total. The van der Waals surface area contributed by atoms with Gasteiger partial charge in [-0.25, -0.2) is 13.2 Å². The molecule has 2 aliphatic heterocycles. The van der Waals surface area contributed by atoms with Gasteiger partial charge >= 0.3 is 6.09 Å². The Labute approximate surface area is 166 Å². The smallest absolute Gasteiger partial charge is 0.409 e. The number of hydrogen-bond acceptors (Lipinski definition) is 5. The Morgan fingerprint density at radius 1 is 1.21 bits per heavy atom. The number of benzene rings is 1. The van der Waals surface area contributed by atoms with Crippen molar-refractivity contribution in [2.45, 2.75) is 46.6 Å². The first-order chi connectivity index (χ1) is 13.2. The van der Waals surface area contributed by atoms with E-state index >= 15 is 0 Å². The summed E-state index contributed by atoms with van der Waals surface area (Å²) < 4.78 is 33.1. The minimum Gasteiger partial charge on any atom is -0.450 e. The van der Waals surface area contributed by atoms with Crippen LogP contribution in [0.2, 0.25) is 0 Å². The van der Waals surface area contributed by atoms with Crippen LogP contribution in [0.25, 0.3) is 4.91 Å². The maximum absolute atomic E-state index is 12.7. The van der Waals surface area contributed by atoms with Gasteiger partial charge in [-0.15, -0.1) is 0 Å². The number of amides is 1. The second-order valence-corrected chi connectivity index (χ2v) is 8.87. The molecule has 0 aliphatic carbocycles. The zero-order valence-electron chi connectivity index (χ0n) is 16.8. The lowest BCUT2D eigenvalue weighted by Crippen LogP contribution is -2.40. The minimum absolute atomic E-state index is 0.0302. The van der Waals surface area contributed by atoms with Crippen LogP contribution in [0.3, 0.4) is 0 Å². The highest BCUT2D eigenvalue weighted by atomic mass is 32.2. The molecule has 0 aromatic heterocycles. The molecule has 0 saturated carbocycles. The van der Waals surface area contributed by atoms with Gasteiger partial charge in [0.1, 0.15) is 10.7 Å². The summed E-state index contributed by atoms with van der Waals surface area (Å²) in [6.07, 6.45) is 1.05. The summed E-state index contributed by atoms with van der Waals surface area (Å²) >= 11 is 0. The van der Waals surface area contributed by atoms with E-state index in [9.17, 15) is 13.2 Å². The van der Waals surface area contributed by atoms with Gasteiger partial charge in [0, 0.05) is 18.7 Å². The predicted octanol–water partition coefficient (Wildman–Crippen LogP) is 2.99. The third-order valence-electron chi connectivity index (χ3n) is 5.27. The molecule has 0 unspecified atom stereocenters. The van der Waals surface area contributed by atoms with Crippen molar-refractivity contribution in [2.24, 2.45) is 4.99 Å². The van der Waals surface area contributed by atoms with Crippen LogP contribution in [0.4, 0.5) is 4.79 Å². The summed E-state index contributed by atoms with van der Waals surface area (Å²) in [4.78, 5) is 18.4. The number of aryl methyl sites for hydroxylation is 2. The molecule has 0 atom stereocenters. The Kier molecular flexibility index (Phi) is 5.79. The van der Waals surface area contributed by atoms with E-state index in [4.69, 9.17) is 4.74 Å². The fraction of sp³-hybridized carbons (Fsp3) is 0.500. The maximum Gasteiger partial charge on any atom is 0.409 e. The SMILES string of the molecule is CCOC(=O)N1CCC(N=C2NS(=O)(=O)C(c3ccc(C)c(C)c3)=C2C)CC1. The lowest BCUT2D eigenvalue weighted by molar-refractivity contribution is 0.0975. The fourth-order valence-corrected chi connectivity index (χ4v) is 5.02.